The number of nitrogens with zero attached hydrogens (tertiary/aromatic N) is 6. The molecule has 1 N–H and O–H groups in total. The first-order valence-electron chi connectivity index (χ1n) is 11.6. The topological polar surface area (TPSA) is 113 Å². The number of carbonyl (C=O) groups excluding carboxylic acids is 2. The minimum absolute atomic E-state index is 0.129. The third kappa shape index (κ3) is 6.50. The zero-order chi connectivity index (χ0) is 24.8. The predicted molar refractivity (Wildman–Crippen MR) is 132 cm³/mol. The second-order valence-corrected chi connectivity index (χ2v) is 8.63. The van der Waals surface area contributed by atoms with Gasteiger partial charge in [-0.05, 0) is 50.6 Å². The Labute approximate surface area is 204 Å². The SMILES string of the molecule is Cc1cc(-c2ncc(CC(=O)Nc3ccc(N4CCN(C(=O)OC(C)C)CC4)cn3)cn2)ccn1. The Morgan fingerprint density at radius 2 is 1.74 bits per heavy atom. The lowest BCUT2D eigenvalue weighted by molar-refractivity contribution is -0.115. The van der Waals surface area contributed by atoms with E-state index in [1.807, 2.05) is 39.0 Å². The van der Waals surface area contributed by atoms with Gasteiger partial charge in [0.25, 0.3) is 0 Å². The number of carbonyl (C=O) groups is 2. The van der Waals surface area contributed by atoms with Gasteiger partial charge in [-0.2, -0.15) is 0 Å². The van der Waals surface area contributed by atoms with Crippen LogP contribution in [0.2, 0.25) is 0 Å². The molecule has 3 aromatic heterocycles. The Hall–Kier alpha value is -4.08. The van der Waals surface area contributed by atoms with Gasteiger partial charge in [0.05, 0.1) is 24.4 Å². The monoisotopic (exact) mass is 475 g/mol. The molecule has 182 valence electrons. The lowest BCUT2D eigenvalue weighted by Gasteiger charge is -2.35. The zero-order valence-electron chi connectivity index (χ0n) is 20.1. The first-order valence-corrected chi connectivity index (χ1v) is 11.6. The number of anilines is 2. The molecule has 4 rings (SSSR count). The van der Waals surface area contributed by atoms with Crippen LogP contribution in [0.1, 0.15) is 25.1 Å². The van der Waals surface area contributed by atoms with Crippen LogP contribution in [0.25, 0.3) is 11.4 Å². The Balaban J connectivity index is 1.27. The first-order chi connectivity index (χ1) is 16.9. The smallest absolute Gasteiger partial charge is 0.410 e. The van der Waals surface area contributed by atoms with Crippen molar-refractivity contribution in [2.45, 2.75) is 33.3 Å². The highest BCUT2D eigenvalue weighted by Crippen LogP contribution is 2.18. The molecule has 1 saturated heterocycles. The lowest BCUT2D eigenvalue weighted by Crippen LogP contribution is -2.49. The Kier molecular flexibility index (Phi) is 7.49. The van der Waals surface area contributed by atoms with Gasteiger partial charge in [0.15, 0.2) is 5.82 Å². The van der Waals surface area contributed by atoms with Gasteiger partial charge < -0.3 is 19.9 Å². The van der Waals surface area contributed by atoms with E-state index in [2.05, 4.69) is 30.2 Å². The standard InChI is InChI=1S/C25H29N7O3/c1-17(2)35-25(34)32-10-8-31(9-11-32)21-4-5-22(27-16-21)30-23(33)13-19-14-28-24(29-15-19)20-6-7-26-18(3)12-20/h4-7,12,14-17H,8-11,13H2,1-3H3,(H,27,30,33). The number of hydrogen-bond donors (Lipinski definition) is 1. The summed E-state index contributed by atoms with van der Waals surface area (Å²) in [5.41, 5.74) is 3.43. The minimum Gasteiger partial charge on any atom is -0.447 e. The highest BCUT2D eigenvalue weighted by Gasteiger charge is 2.23. The van der Waals surface area contributed by atoms with E-state index in [1.54, 1.807) is 35.8 Å². The number of nitrogens with one attached hydrogen (secondary N) is 1. The van der Waals surface area contributed by atoms with E-state index in [4.69, 9.17) is 4.74 Å². The molecule has 10 heteroatoms. The van der Waals surface area contributed by atoms with Crippen molar-refractivity contribution in [3.05, 3.63) is 60.3 Å². The molecule has 0 saturated carbocycles. The summed E-state index contributed by atoms with van der Waals surface area (Å²) < 4.78 is 5.26. The van der Waals surface area contributed by atoms with E-state index in [-0.39, 0.29) is 24.5 Å². The highest BCUT2D eigenvalue weighted by molar-refractivity contribution is 5.91. The van der Waals surface area contributed by atoms with E-state index in [1.165, 1.54) is 0 Å². The third-order valence-electron chi connectivity index (χ3n) is 5.48. The van der Waals surface area contributed by atoms with Crippen molar-refractivity contribution in [1.29, 1.82) is 0 Å². The van der Waals surface area contributed by atoms with Crippen LogP contribution in [-0.2, 0) is 16.0 Å². The molecule has 1 aliphatic heterocycles. The van der Waals surface area contributed by atoms with Gasteiger partial charge in [-0.25, -0.2) is 19.7 Å². The molecule has 1 fully saturated rings. The van der Waals surface area contributed by atoms with Gasteiger partial charge in [0.1, 0.15) is 5.82 Å². The van der Waals surface area contributed by atoms with E-state index >= 15 is 0 Å². The average Bonchev–Trinajstić information content (AvgIpc) is 2.85. The van der Waals surface area contributed by atoms with Gasteiger partial charge in [0.2, 0.25) is 5.91 Å². The van der Waals surface area contributed by atoms with Crippen molar-refractivity contribution >= 4 is 23.5 Å². The van der Waals surface area contributed by atoms with Crippen molar-refractivity contribution in [3.63, 3.8) is 0 Å². The number of ether oxygens (including phenoxy) is 1. The summed E-state index contributed by atoms with van der Waals surface area (Å²) in [7, 11) is 0. The Bertz CT molecular complexity index is 1160. The zero-order valence-corrected chi connectivity index (χ0v) is 20.1. The van der Waals surface area contributed by atoms with E-state index in [0.29, 0.717) is 43.4 Å². The van der Waals surface area contributed by atoms with Crippen molar-refractivity contribution in [1.82, 2.24) is 24.8 Å². The molecule has 10 nitrogen and oxygen atoms in total. The van der Waals surface area contributed by atoms with Gasteiger partial charge >= 0.3 is 6.09 Å². The summed E-state index contributed by atoms with van der Waals surface area (Å²) in [5, 5.41) is 2.81. The maximum Gasteiger partial charge on any atom is 0.410 e. The van der Waals surface area contributed by atoms with Gasteiger partial charge in [-0.15, -0.1) is 0 Å². The van der Waals surface area contributed by atoms with Crippen LogP contribution in [0.5, 0.6) is 0 Å². The molecular weight excluding hydrogens is 446 g/mol. The van der Waals surface area contributed by atoms with Crippen LogP contribution in [0.3, 0.4) is 0 Å². The maximum atomic E-state index is 12.5. The van der Waals surface area contributed by atoms with Crippen molar-refractivity contribution < 1.29 is 14.3 Å². The molecular formula is C25H29N7O3. The normalized spacial score (nSPS) is 13.6. The fraction of sp³-hybridized carbons (Fsp3) is 0.360. The first kappa shape index (κ1) is 24.1. The number of pyridine rings is 2. The van der Waals surface area contributed by atoms with Crippen molar-refractivity contribution in [3.8, 4) is 11.4 Å². The Morgan fingerprint density at radius 3 is 2.37 bits per heavy atom. The lowest BCUT2D eigenvalue weighted by atomic mass is 10.2. The minimum atomic E-state index is -0.275. The number of rotatable bonds is 6. The van der Waals surface area contributed by atoms with Gasteiger partial charge in [-0.1, -0.05) is 0 Å². The molecule has 0 aliphatic carbocycles. The molecule has 0 aromatic carbocycles. The van der Waals surface area contributed by atoms with Crippen LogP contribution < -0.4 is 10.2 Å². The summed E-state index contributed by atoms with van der Waals surface area (Å²) in [6, 6.07) is 7.46. The van der Waals surface area contributed by atoms with Crippen LogP contribution in [0, 0.1) is 6.92 Å². The fourth-order valence-electron chi connectivity index (χ4n) is 3.72. The molecule has 0 spiro atoms. The van der Waals surface area contributed by atoms with Gasteiger partial charge in [0, 0.05) is 56.0 Å². The summed E-state index contributed by atoms with van der Waals surface area (Å²) in [5.74, 6) is 0.871. The van der Waals surface area contributed by atoms with E-state index in [0.717, 1.165) is 16.9 Å². The number of amides is 2. The van der Waals surface area contributed by atoms with Crippen LogP contribution in [-0.4, -0.2) is 69.1 Å². The summed E-state index contributed by atoms with van der Waals surface area (Å²) in [6.45, 7) is 8.15. The fourth-order valence-corrected chi connectivity index (χ4v) is 3.72. The molecule has 35 heavy (non-hydrogen) atoms. The molecule has 0 atom stereocenters. The largest absolute Gasteiger partial charge is 0.447 e. The summed E-state index contributed by atoms with van der Waals surface area (Å²) >= 11 is 0. The number of hydrogen-bond acceptors (Lipinski definition) is 8. The second kappa shape index (κ2) is 10.9. The molecule has 4 heterocycles. The number of aryl methyl sites for hydroxylation is 1. The molecule has 1 aliphatic rings. The third-order valence-corrected chi connectivity index (χ3v) is 5.48. The summed E-state index contributed by atoms with van der Waals surface area (Å²) in [6.07, 6.45) is 6.51. The number of aromatic nitrogens is 4. The van der Waals surface area contributed by atoms with Gasteiger partial charge in [-0.3, -0.25) is 9.78 Å². The second-order valence-electron chi connectivity index (χ2n) is 8.63. The number of piperazine rings is 1. The molecule has 0 radical (unpaired) electrons. The van der Waals surface area contributed by atoms with Crippen molar-refractivity contribution in [2.75, 3.05) is 36.4 Å². The maximum absolute atomic E-state index is 12.5. The van der Waals surface area contributed by atoms with Crippen LogP contribution in [0.4, 0.5) is 16.3 Å². The summed E-state index contributed by atoms with van der Waals surface area (Å²) in [4.78, 5) is 45.7. The van der Waals surface area contributed by atoms with Crippen molar-refractivity contribution in [2.24, 2.45) is 0 Å². The molecule has 0 bridgehead atoms. The Morgan fingerprint density at radius 1 is 1.00 bits per heavy atom. The molecule has 3 aromatic rings. The highest BCUT2D eigenvalue weighted by atomic mass is 16.6. The van der Waals surface area contributed by atoms with Crippen LogP contribution >= 0.6 is 0 Å². The van der Waals surface area contributed by atoms with Crippen LogP contribution in [0.15, 0.2) is 49.1 Å². The van der Waals surface area contributed by atoms with E-state index < -0.39 is 0 Å². The molecule has 2 amide bonds. The average molecular weight is 476 g/mol. The quantitative estimate of drug-likeness (QED) is 0.579. The molecule has 0 unspecified atom stereocenters. The predicted octanol–water partition coefficient (Wildman–Crippen LogP) is 3.09. The van der Waals surface area contributed by atoms with E-state index in [9.17, 15) is 9.59 Å².